The molecule has 4 aromatic carbocycles. The lowest BCUT2D eigenvalue weighted by Crippen LogP contribution is -2.34. The second-order valence-electron chi connectivity index (χ2n) is 11.5. The monoisotopic (exact) mass is 707 g/mol. The van der Waals surface area contributed by atoms with Gasteiger partial charge in [-0.2, -0.15) is 0 Å². The highest BCUT2D eigenvalue weighted by atomic mass is 32.2. The van der Waals surface area contributed by atoms with Crippen molar-refractivity contribution in [3.63, 3.8) is 0 Å². The van der Waals surface area contributed by atoms with Crippen molar-refractivity contribution in [3.05, 3.63) is 124 Å². The number of ether oxygens (including phenoxy) is 1. The summed E-state index contributed by atoms with van der Waals surface area (Å²) in [6.07, 6.45) is 0.473. The molecule has 0 fully saturated rings. The maximum atomic E-state index is 14.1. The molecule has 5 aromatic rings. The average molecular weight is 708 g/mol. The zero-order chi connectivity index (χ0) is 35.4. The summed E-state index contributed by atoms with van der Waals surface area (Å²) in [4.78, 5) is 68.1. The second-order valence-corrected chi connectivity index (χ2v) is 13.8. The molecule has 0 saturated heterocycles. The molecule has 12 heteroatoms. The summed E-state index contributed by atoms with van der Waals surface area (Å²) in [6, 6.07) is 26.2. The van der Waals surface area contributed by atoms with Gasteiger partial charge in [0.2, 0.25) is 11.8 Å². The smallest absolute Gasteiger partial charge is 0.341 e. The molecule has 50 heavy (non-hydrogen) atoms. The number of carboxylic acid groups (broad SMARTS) is 1. The predicted octanol–water partition coefficient (Wildman–Crippen LogP) is 7.41. The standard InChI is InChI=1S/C38H33N3O7S2/c1-3-48-38(47)32-27-18-19-41(22(2)42)21-30(27)50-36(32)40-35(44)33(24-10-5-4-6-11-24)49-26-15-9-14-25(20-26)39-34(43)28-16-7-12-23-13-8-17-29(31(23)28)37(45)46/h4-17,20,33H,3,18-19,21H2,1-2H3,(H,39,43)(H,40,44)(H,45,46). The van der Waals surface area contributed by atoms with E-state index in [0.717, 1.165) is 16.0 Å². The fourth-order valence-electron chi connectivity index (χ4n) is 5.95. The summed E-state index contributed by atoms with van der Waals surface area (Å²) < 4.78 is 5.38. The highest BCUT2D eigenvalue weighted by Gasteiger charge is 2.32. The van der Waals surface area contributed by atoms with E-state index in [4.69, 9.17) is 4.74 Å². The third-order valence-electron chi connectivity index (χ3n) is 8.28. The molecule has 1 aromatic heterocycles. The van der Waals surface area contributed by atoms with Crippen molar-refractivity contribution in [2.75, 3.05) is 23.8 Å². The molecular weight excluding hydrogens is 675 g/mol. The molecule has 1 aliphatic heterocycles. The van der Waals surface area contributed by atoms with Crippen molar-refractivity contribution in [1.29, 1.82) is 0 Å². The summed E-state index contributed by atoms with van der Waals surface area (Å²) in [5.74, 6) is -2.55. The minimum atomic E-state index is -1.13. The summed E-state index contributed by atoms with van der Waals surface area (Å²) in [6.45, 7) is 4.22. The van der Waals surface area contributed by atoms with Crippen LogP contribution < -0.4 is 10.6 Å². The first-order valence-corrected chi connectivity index (χ1v) is 17.6. The molecule has 6 rings (SSSR count). The van der Waals surface area contributed by atoms with Crippen LogP contribution in [0.15, 0.2) is 95.9 Å². The van der Waals surface area contributed by atoms with E-state index in [1.165, 1.54) is 36.1 Å². The Balaban J connectivity index is 1.28. The number of hydrogen-bond donors (Lipinski definition) is 3. The summed E-state index contributed by atoms with van der Waals surface area (Å²) >= 11 is 2.55. The SMILES string of the molecule is CCOC(=O)c1c(NC(=O)C(Sc2cccc(NC(=O)c3cccc4cccc(C(=O)O)c34)c2)c2ccccc2)sc2c1CCN(C(C)=O)C2. The number of benzene rings is 4. The van der Waals surface area contributed by atoms with Crippen LogP contribution in [0.5, 0.6) is 0 Å². The minimum absolute atomic E-state index is 0.0307. The van der Waals surface area contributed by atoms with Crippen molar-refractivity contribution in [1.82, 2.24) is 4.90 Å². The summed E-state index contributed by atoms with van der Waals surface area (Å²) in [5.41, 5.74) is 2.55. The van der Waals surface area contributed by atoms with Crippen molar-refractivity contribution in [3.8, 4) is 0 Å². The van der Waals surface area contributed by atoms with Crippen molar-refractivity contribution in [2.45, 2.75) is 37.0 Å². The highest BCUT2D eigenvalue weighted by Crippen LogP contribution is 2.41. The van der Waals surface area contributed by atoms with Gasteiger partial charge in [0.05, 0.1) is 24.3 Å². The van der Waals surface area contributed by atoms with E-state index in [2.05, 4.69) is 10.6 Å². The molecule has 0 radical (unpaired) electrons. The van der Waals surface area contributed by atoms with Gasteiger partial charge in [0.15, 0.2) is 0 Å². The van der Waals surface area contributed by atoms with E-state index in [9.17, 15) is 29.1 Å². The molecule has 3 N–H and O–H groups in total. The molecule has 0 aliphatic carbocycles. The van der Waals surface area contributed by atoms with Crippen molar-refractivity contribution >= 4 is 74.2 Å². The maximum absolute atomic E-state index is 14.1. The predicted molar refractivity (Wildman–Crippen MR) is 194 cm³/mol. The number of rotatable bonds is 10. The third-order valence-corrected chi connectivity index (χ3v) is 10.7. The number of esters is 1. The number of aromatic carboxylic acids is 1. The van der Waals surface area contributed by atoms with Gasteiger partial charge in [-0.3, -0.25) is 14.4 Å². The zero-order valence-electron chi connectivity index (χ0n) is 27.2. The van der Waals surface area contributed by atoms with Gasteiger partial charge < -0.3 is 25.4 Å². The van der Waals surface area contributed by atoms with E-state index in [0.29, 0.717) is 51.4 Å². The Morgan fingerprint density at radius 3 is 2.34 bits per heavy atom. The minimum Gasteiger partial charge on any atom is -0.478 e. The number of thioether (sulfide) groups is 1. The van der Waals surface area contributed by atoms with Crippen LogP contribution in [-0.2, 0) is 27.3 Å². The van der Waals surface area contributed by atoms with Crippen LogP contribution in [0.1, 0.15) is 66.2 Å². The molecule has 3 amide bonds. The van der Waals surface area contributed by atoms with E-state index in [1.54, 1.807) is 60.4 Å². The lowest BCUT2D eigenvalue weighted by atomic mass is 9.98. The molecule has 254 valence electrons. The Labute approximate surface area is 296 Å². The van der Waals surface area contributed by atoms with Crippen LogP contribution in [0, 0.1) is 0 Å². The molecule has 1 unspecified atom stereocenters. The maximum Gasteiger partial charge on any atom is 0.341 e. The van der Waals surface area contributed by atoms with Gasteiger partial charge in [0, 0.05) is 39.9 Å². The fourth-order valence-corrected chi connectivity index (χ4v) is 8.29. The van der Waals surface area contributed by atoms with Crippen LogP contribution in [-0.4, -0.2) is 52.8 Å². The van der Waals surface area contributed by atoms with Crippen molar-refractivity contribution < 1.29 is 33.8 Å². The van der Waals surface area contributed by atoms with Gasteiger partial charge in [0.25, 0.3) is 5.91 Å². The van der Waals surface area contributed by atoms with E-state index in [1.807, 2.05) is 36.4 Å². The van der Waals surface area contributed by atoms with Crippen LogP contribution >= 0.6 is 23.1 Å². The van der Waals surface area contributed by atoms with Gasteiger partial charge in [-0.05, 0) is 60.2 Å². The first-order chi connectivity index (χ1) is 24.1. The Morgan fingerprint density at radius 2 is 1.64 bits per heavy atom. The van der Waals surface area contributed by atoms with E-state index < -0.39 is 23.1 Å². The lowest BCUT2D eigenvalue weighted by molar-refractivity contribution is -0.129. The normalized spacial score (nSPS) is 12.9. The van der Waals surface area contributed by atoms with E-state index in [-0.39, 0.29) is 29.5 Å². The average Bonchev–Trinajstić information content (AvgIpc) is 3.47. The number of carbonyl (C=O) groups excluding carboxylic acids is 4. The Bertz CT molecular complexity index is 2120. The second kappa shape index (κ2) is 15.0. The van der Waals surface area contributed by atoms with Gasteiger partial charge in [-0.1, -0.05) is 60.7 Å². The number of fused-ring (bicyclic) bond motifs is 2. The largest absolute Gasteiger partial charge is 0.478 e. The van der Waals surface area contributed by atoms with Crippen LogP contribution in [0.3, 0.4) is 0 Å². The van der Waals surface area contributed by atoms with Crippen LogP contribution in [0.25, 0.3) is 10.8 Å². The molecule has 1 aliphatic rings. The van der Waals surface area contributed by atoms with Crippen molar-refractivity contribution in [2.24, 2.45) is 0 Å². The Hall–Kier alpha value is -5.46. The quantitative estimate of drug-likeness (QED) is 0.101. The molecule has 0 bridgehead atoms. The molecule has 0 saturated carbocycles. The van der Waals surface area contributed by atoms with Crippen LogP contribution in [0.4, 0.5) is 10.7 Å². The molecular formula is C38H33N3O7S2. The summed E-state index contributed by atoms with van der Waals surface area (Å²) in [7, 11) is 0. The fraction of sp³-hybridized carbons (Fsp3) is 0.184. The van der Waals surface area contributed by atoms with Gasteiger partial charge >= 0.3 is 11.9 Å². The topological polar surface area (TPSA) is 142 Å². The number of hydrogen-bond acceptors (Lipinski definition) is 8. The van der Waals surface area contributed by atoms with Gasteiger partial charge in [0.1, 0.15) is 10.3 Å². The first-order valence-electron chi connectivity index (χ1n) is 15.9. The number of nitrogens with one attached hydrogen (secondary N) is 2. The number of carbonyl (C=O) groups is 5. The molecule has 1 atom stereocenters. The Kier molecular flexibility index (Phi) is 10.3. The number of anilines is 2. The van der Waals surface area contributed by atoms with Gasteiger partial charge in [-0.25, -0.2) is 9.59 Å². The highest BCUT2D eigenvalue weighted by molar-refractivity contribution is 8.00. The number of carboxylic acids is 1. The van der Waals surface area contributed by atoms with Crippen LogP contribution in [0.2, 0.25) is 0 Å². The Morgan fingerprint density at radius 1 is 0.920 bits per heavy atom. The van der Waals surface area contributed by atoms with E-state index >= 15 is 0 Å². The zero-order valence-corrected chi connectivity index (χ0v) is 28.9. The number of thiophene rings is 1. The number of amides is 3. The first kappa shape index (κ1) is 34.4. The third kappa shape index (κ3) is 7.26. The molecule has 0 spiro atoms. The molecule has 10 nitrogen and oxygen atoms in total. The van der Waals surface area contributed by atoms with Gasteiger partial charge in [-0.15, -0.1) is 23.1 Å². The molecule has 2 heterocycles. The lowest BCUT2D eigenvalue weighted by Gasteiger charge is -2.25. The number of nitrogens with zero attached hydrogens (tertiary/aromatic N) is 1. The summed E-state index contributed by atoms with van der Waals surface area (Å²) in [5, 5.41) is 16.3.